The molecule has 2 aliphatic carbocycles. The molecule has 1 aromatic carbocycles. The minimum Gasteiger partial charge on any atom is -0.376 e. The van der Waals surface area contributed by atoms with Crippen molar-refractivity contribution in [3.05, 3.63) is 24.3 Å². The molecule has 0 radical (unpaired) electrons. The van der Waals surface area contributed by atoms with Crippen LogP contribution in [0.4, 0.5) is 11.4 Å². The van der Waals surface area contributed by atoms with Gasteiger partial charge in [0.25, 0.3) is 0 Å². The van der Waals surface area contributed by atoms with E-state index in [9.17, 15) is 14.9 Å². The third kappa shape index (κ3) is 4.05. The number of hydrogen-bond acceptors (Lipinski definition) is 4. The Bertz CT molecular complexity index is 653. The molecule has 0 aliphatic heterocycles. The quantitative estimate of drug-likeness (QED) is 0.748. The van der Waals surface area contributed by atoms with Gasteiger partial charge in [-0.25, -0.2) is 0 Å². The fourth-order valence-electron chi connectivity index (χ4n) is 3.00. The number of carbonyl (C=O) groups excluding carboxylic acids is 2. The fraction of sp³-hybridized carbons (Fsp3) is 0.500. The lowest BCUT2D eigenvalue weighted by Crippen LogP contribution is -2.47. The van der Waals surface area contributed by atoms with Gasteiger partial charge in [-0.05, 0) is 62.8 Å². The van der Waals surface area contributed by atoms with Crippen molar-refractivity contribution >= 4 is 23.2 Å². The third-order valence-corrected chi connectivity index (χ3v) is 4.60. The van der Waals surface area contributed by atoms with Gasteiger partial charge in [0.05, 0.1) is 12.6 Å². The lowest BCUT2D eigenvalue weighted by molar-refractivity contribution is -0.120. The lowest BCUT2D eigenvalue weighted by atomic mass is 10.00. The SMILES string of the molecule is N#CC1(NC(=O)CNc2ccc(NC(=O)C3CC3)cc2)CCCC1. The first kappa shape index (κ1) is 16.3. The number of amides is 2. The molecular weight excluding hydrogens is 304 g/mol. The Balaban J connectivity index is 1.46. The van der Waals surface area contributed by atoms with Crippen molar-refractivity contribution in [1.29, 1.82) is 5.26 Å². The van der Waals surface area contributed by atoms with Gasteiger partial charge >= 0.3 is 0 Å². The summed E-state index contributed by atoms with van der Waals surface area (Å²) in [4.78, 5) is 23.7. The summed E-state index contributed by atoms with van der Waals surface area (Å²) in [6, 6.07) is 9.52. The Morgan fingerprint density at radius 2 is 1.75 bits per heavy atom. The molecular formula is C18H22N4O2. The van der Waals surface area contributed by atoms with Gasteiger partial charge in [-0.3, -0.25) is 9.59 Å². The summed E-state index contributed by atoms with van der Waals surface area (Å²) in [5.41, 5.74) is 0.874. The van der Waals surface area contributed by atoms with E-state index < -0.39 is 5.54 Å². The number of benzene rings is 1. The van der Waals surface area contributed by atoms with E-state index in [0.717, 1.165) is 49.9 Å². The van der Waals surface area contributed by atoms with Gasteiger partial charge in [-0.2, -0.15) is 5.26 Å². The molecule has 2 fully saturated rings. The van der Waals surface area contributed by atoms with Crippen LogP contribution in [0, 0.1) is 17.2 Å². The van der Waals surface area contributed by atoms with Crippen molar-refractivity contribution in [3.8, 4) is 6.07 Å². The summed E-state index contributed by atoms with van der Waals surface area (Å²) in [6.07, 6.45) is 5.37. The zero-order valence-corrected chi connectivity index (χ0v) is 13.6. The van der Waals surface area contributed by atoms with Crippen LogP contribution in [0.15, 0.2) is 24.3 Å². The van der Waals surface area contributed by atoms with E-state index in [4.69, 9.17) is 0 Å². The van der Waals surface area contributed by atoms with Gasteiger partial charge in [-0.15, -0.1) is 0 Å². The Hall–Kier alpha value is -2.55. The first-order valence-electron chi connectivity index (χ1n) is 8.47. The summed E-state index contributed by atoms with van der Waals surface area (Å²) in [5, 5.41) is 18.0. The highest BCUT2D eigenvalue weighted by Gasteiger charge is 2.35. The molecule has 0 heterocycles. The van der Waals surface area contributed by atoms with Crippen LogP contribution in [0.2, 0.25) is 0 Å². The summed E-state index contributed by atoms with van der Waals surface area (Å²) in [5.74, 6) is 0.0764. The van der Waals surface area contributed by atoms with Crippen LogP contribution < -0.4 is 16.0 Å². The number of rotatable bonds is 6. The molecule has 3 N–H and O–H groups in total. The summed E-state index contributed by atoms with van der Waals surface area (Å²) >= 11 is 0. The van der Waals surface area contributed by atoms with Crippen LogP contribution >= 0.6 is 0 Å². The lowest BCUT2D eigenvalue weighted by Gasteiger charge is -2.22. The van der Waals surface area contributed by atoms with E-state index in [1.54, 1.807) is 0 Å². The summed E-state index contributed by atoms with van der Waals surface area (Å²) in [7, 11) is 0. The average molecular weight is 326 g/mol. The number of nitrogens with zero attached hydrogens (tertiary/aromatic N) is 1. The van der Waals surface area contributed by atoms with E-state index in [-0.39, 0.29) is 24.3 Å². The minimum absolute atomic E-state index is 0.0773. The van der Waals surface area contributed by atoms with Gasteiger partial charge in [0.1, 0.15) is 5.54 Å². The van der Waals surface area contributed by atoms with Gasteiger partial charge < -0.3 is 16.0 Å². The number of carbonyl (C=O) groups is 2. The highest BCUT2D eigenvalue weighted by molar-refractivity contribution is 5.94. The monoisotopic (exact) mass is 326 g/mol. The van der Waals surface area contributed by atoms with Crippen LogP contribution in [0.25, 0.3) is 0 Å². The molecule has 2 aliphatic rings. The Morgan fingerprint density at radius 1 is 1.12 bits per heavy atom. The largest absolute Gasteiger partial charge is 0.376 e. The molecule has 0 unspecified atom stereocenters. The second-order valence-electron chi connectivity index (χ2n) is 6.64. The minimum atomic E-state index is -0.685. The second-order valence-corrected chi connectivity index (χ2v) is 6.64. The zero-order valence-electron chi connectivity index (χ0n) is 13.6. The highest BCUT2D eigenvalue weighted by Crippen LogP contribution is 2.30. The fourth-order valence-corrected chi connectivity index (χ4v) is 3.00. The molecule has 2 amide bonds. The van der Waals surface area contributed by atoms with Crippen LogP contribution in [-0.2, 0) is 9.59 Å². The van der Waals surface area contributed by atoms with Crippen LogP contribution in [0.5, 0.6) is 0 Å². The van der Waals surface area contributed by atoms with Crippen molar-refractivity contribution in [1.82, 2.24) is 5.32 Å². The molecule has 6 heteroatoms. The predicted molar refractivity (Wildman–Crippen MR) is 91.2 cm³/mol. The third-order valence-electron chi connectivity index (χ3n) is 4.60. The molecule has 1 aromatic rings. The number of nitriles is 1. The van der Waals surface area contributed by atoms with E-state index in [2.05, 4.69) is 22.0 Å². The molecule has 0 saturated heterocycles. The maximum atomic E-state index is 12.0. The van der Waals surface area contributed by atoms with Crippen molar-refractivity contribution in [2.24, 2.45) is 5.92 Å². The Kier molecular flexibility index (Phi) is 4.70. The van der Waals surface area contributed by atoms with Crippen LogP contribution in [0.1, 0.15) is 38.5 Å². The maximum Gasteiger partial charge on any atom is 0.240 e. The van der Waals surface area contributed by atoms with Crippen molar-refractivity contribution < 1.29 is 9.59 Å². The molecule has 6 nitrogen and oxygen atoms in total. The van der Waals surface area contributed by atoms with Gasteiger partial charge in [0.2, 0.25) is 11.8 Å². The van der Waals surface area contributed by atoms with Crippen molar-refractivity contribution in [3.63, 3.8) is 0 Å². The Labute approximate surface area is 141 Å². The van der Waals surface area contributed by atoms with Gasteiger partial charge in [-0.1, -0.05) is 0 Å². The van der Waals surface area contributed by atoms with Crippen LogP contribution in [0.3, 0.4) is 0 Å². The molecule has 24 heavy (non-hydrogen) atoms. The molecule has 126 valence electrons. The van der Waals surface area contributed by atoms with E-state index in [0.29, 0.717) is 0 Å². The van der Waals surface area contributed by atoms with Gasteiger partial charge in [0.15, 0.2) is 0 Å². The van der Waals surface area contributed by atoms with Crippen molar-refractivity contribution in [2.45, 2.75) is 44.1 Å². The van der Waals surface area contributed by atoms with Crippen LogP contribution in [-0.4, -0.2) is 23.9 Å². The normalized spacial score (nSPS) is 18.5. The molecule has 3 rings (SSSR count). The Morgan fingerprint density at radius 3 is 2.33 bits per heavy atom. The molecule has 0 bridgehead atoms. The van der Waals surface area contributed by atoms with E-state index in [1.807, 2.05) is 24.3 Å². The average Bonchev–Trinajstić information content (AvgIpc) is 3.35. The second kappa shape index (κ2) is 6.91. The number of anilines is 2. The van der Waals surface area contributed by atoms with Gasteiger partial charge in [0, 0.05) is 17.3 Å². The van der Waals surface area contributed by atoms with E-state index in [1.165, 1.54) is 0 Å². The van der Waals surface area contributed by atoms with E-state index >= 15 is 0 Å². The smallest absolute Gasteiger partial charge is 0.240 e. The molecule has 0 atom stereocenters. The summed E-state index contributed by atoms with van der Waals surface area (Å²) in [6.45, 7) is 0.122. The number of hydrogen-bond donors (Lipinski definition) is 3. The first-order valence-corrected chi connectivity index (χ1v) is 8.47. The maximum absolute atomic E-state index is 12.0. The first-order chi connectivity index (χ1) is 11.6. The van der Waals surface area contributed by atoms with Crippen molar-refractivity contribution in [2.75, 3.05) is 17.2 Å². The highest BCUT2D eigenvalue weighted by atomic mass is 16.2. The zero-order chi connectivity index (χ0) is 17.0. The molecule has 2 saturated carbocycles. The topological polar surface area (TPSA) is 94.0 Å². The number of nitrogens with one attached hydrogen (secondary N) is 3. The standard InChI is InChI=1S/C18H22N4O2/c19-12-18(9-1-2-10-18)22-16(23)11-20-14-5-7-15(8-6-14)21-17(24)13-3-4-13/h5-8,13,20H,1-4,9-11H2,(H,21,24)(H,22,23). The molecule has 0 aromatic heterocycles. The predicted octanol–water partition coefficient (Wildman–Crippen LogP) is 2.40. The molecule has 0 spiro atoms. The summed E-state index contributed by atoms with van der Waals surface area (Å²) < 4.78 is 0.